The van der Waals surface area contributed by atoms with E-state index in [1.54, 1.807) is 7.05 Å². The highest BCUT2D eigenvalue weighted by Crippen LogP contribution is 2.40. The van der Waals surface area contributed by atoms with E-state index in [-0.39, 0.29) is 5.54 Å². The number of aromatic nitrogens is 1. The lowest BCUT2D eigenvalue weighted by molar-refractivity contribution is 0.0952. The second-order valence-corrected chi connectivity index (χ2v) is 7.45. The summed E-state index contributed by atoms with van der Waals surface area (Å²) in [7, 11) is 1.68. The molecule has 1 aliphatic carbocycles. The molecule has 128 valence electrons. The van der Waals surface area contributed by atoms with E-state index in [1.165, 1.54) is 4.90 Å². The van der Waals surface area contributed by atoms with Crippen LogP contribution in [0.5, 0.6) is 0 Å². The van der Waals surface area contributed by atoms with E-state index in [0.29, 0.717) is 6.42 Å². The van der Waals surface area contributed by atoms with E-state index in [1.807, 2.05) is 31.2 Å². The van der Waals surface area contributed by atoms with Crippen molar-refractivity contribution in [2.75, 3.05) is 7.05 Å². The first-order chi connectivity index (χ1) is 11.4. The molecule has 2 aromatic rings. The number of carbonyl (C=O) groups is 1. The van der Waals surface area contributed by atoms with Gasteiger partial charge in [-0.3, -0.25) is 0 Å². The van der Waals surface area contributed by atoms with E-state index >= 15 is 0 Å². The Balaban J connectivity index is 1.99. The molecule has 0 radical (unpaired) electrons. The summed E-state index contributed by atoms with van der Waals surface area (Å²) < 4.78 is 6.59. The average molecular weight is 393 g/mol. The molecule has 0 aliphatic heterocycles. The molecule has 0 atom stereocenters. The van der Waals surface area contributed by atoms with Crippen LogP contribution >= 0.6 is 15.9 Å². The zero-order chi connectivity index (χ0) is 17.3. The summed E-state index contributed by atoms with van der Waals surface area (Å²) in [5.74, 6) is 0.741. The standard InChI is InChI=1S/C18H21BrN2O3/c1-12-15(11-18(9-3-4-10-18)21(2)17(22)23)16(24-20-12)13-5-7-14(19)8-6-13/h5-8H,3-4,9-11H2,1-2H3,(H,22,23). The second kappa shape index (κ2) is 6.59. The summed E-state index contributed by atoms with van der Waals surface area (Å²) in [6.45, 7) is 1.92. The van der Waals surface area contributed by atoms with Crippen LogP contribution in [0, 0.1) is 6.92 Å². The van der Waals surface area contributed by atoms with Gasteiger partial charge in [-0.1, -0.05) is 46.1 Å². The number of likely N-dealkylation sites (N-methyl/N-ethyl adjacent to an activating group) is 1. The normalized spacial score (nSPS) is 16.3. The van der Waals surface area contributed by atoms with E-state index < -0.39 is 6.09 Å². The van der Waals surface area contributed by atoms with Gasteiger partial charge in [0.2, 0.25) is 0 Å². The Morgan fingerprint density at radius 3 is 2.54 bits per heavy atom. The summed E-state index contributed by atoms with van der Waals surface area (Å²) in [6, 6.07) is 7.89. The summed E-state index contributed by atoms with van der Waals surface area (Å²) in [6.07, 6.45) is 3.61. The van der Waals surface area contributed by atoms with E-state index in [2.05, 4.69) is 21.1 Å². The SMILES string of the molecule is Cc1noc(-c2ccc(Br)cc2)c1CC1(N(C)C(=O)O)CCCC1. The minimum atomic E-state index is -0.879. The Labute approximate surface area is 149 Å². The fourth-order valence-corrected chi connectivity index (χ4v) is 3.89. The van der Waals surface area contributed by atoms with Gasteiger partial charge in [0.25, 0.3) is 0 Å². The van der Waals surface area contributed by atoms with E-state index in [0.717, 1.165) is 52.7 Å². The van der Waals surface area contributed by atoms with Crippen LogP contribution in [0.1, 0.15) is 36.9 Å². The minimum absolute atomic E-state index is 0.369. The van der Waals surface area contributed by atoms with Gasteiger partial charge in [-0.05, 0) is 31.9 Å². The molecule has 1 amide bonds. The van der Waals surface area contributed by atoms with Crippen LogP contribution in [0.15, 0.2) is 33.3 Å². The van der Waals surface area contributed by atoms with Gasteiger partial charge in [0.05, 0.1) is 11.2 Å². The van der Waals surface area contributed by atoms with Gasteiger partial charge in [-0.2, -0.15) is 0 Å². The molecule has 1 fully saturated rings. The van der Waals surface area contributed by atoms with Crippen LogP contribution in [0.4, 0.5) is 4.79 Å². The highest BCUT2D eigenvalue weighted by molar-refractivity contribution is 9.10. The topological polar surface area (TPSA) is 66.6 Å². The van der Waals surface area contributed by atoms with Crippen molar-refractivity contribution in [1.29, 1.82) is 0 Å². The van der Waals surface area contributed by atoms with Crippen molar-refractivity contribution in [2.45, 2.75) is 44.6 Å². The van der Waals surface area contributed by atoms with Crippen molar-refractivity contribution in [1.82, 2.24) is 10.1 Å². The fourth-order valence-electron chi connectivity index (χ4n) is 3.62. The van der Waals surface area contributed by atoms with Gasteiger partial charge < -0.3 is 14.5 Å². The van der Waals surface area contributed by atoms with Crippen LogP contribution in [0.25, 0.3) is 11.3 Å². The van der Waals surface area contributed by atoms with Crippen molar-refractivity contribution in [3.63, 3.8) is 0 Å². The first-order valence-electron chi connectivity index (χ1n) is 8.11. The molecule has 5 nitrogen and oxygen atoms in total. The highest BCUT2D eigenvalue weighted by Gasteiger charge is 2.41. The number of hydrogen-bond donors (Lipinski definition) is 1. The highest BCUT2D eigenvalue weighted by atomic mass is 79.9. The predicted molar refractivity (Wildman–Crippen MR) is 95.1 cm³/mol. The van der Waals surface area contributed by atoms with Gasteiger partial charge >= 0.3 is 6.09 Å². The Morgan fingerprint density at radius 2 is 1.96 bits per heavy atom. The molecule has 1 aromatic heterocycles. The number of rotatable bonds is 4. The molecule has 1 N–H and O–H groups in total. The molecule has 0 saturated heterocycles. The Hall–Kier alpha value is -1.82. The molecular formula is C18H21BrN2O3. The average Bonchev–Trinajstić information content (AvgIpc) is 3.17. The zero-order valence-electron chi connectivity index (χ0n) is 13.9. The summed E-state index contributed by atoms with van der Waals surface area (Å²) in [5, 5.41) is 13.6. The van der Waals surface area contributed by atoms with Crippen LogP contribution in [0.3, 0.4) is 0 Å². The maximum Gasteiger partial charge on any atom is 0.407 e. The van der Waals surface area contributed by atoms with Gasteiger partial charge in [0.1, 0.15) is 0 Å². The lowest BCUT2D eigenvalue weighted by Gasteiger charge is -2.37. The third-order valence-corrected chi connectivity index (χ3v) is 5.66. The number of nitrogens with zero attached hydrogens (tertiary/aromatic N) is 2. The van der Waals surface area contributed by atoms with Crippen molar-refractivity contribution in [2.24, 2.45) is 0 Å². The number of halogens is 1. The smallest absolute Gasteiger partial charge is 0.407 e. The Morgan fingerprint density at radius 1 is 1.33 bits per heavy atom. The van der Waals surface area contributed by atoms with Gasteiger partial charge in [-0.25, -0.2) is 4.79 Å². The minimum Gasteiger partial charge on any atom is -0.465 e. The first kappa shape index (κ1) is 17.0. The van der Waals surface area contributed by atoms with Crippen molar-refractivity contribution >= 4 is 22.0 Å². The van der Waals surface area contributed by atoms with Crippen LogP contribution < -0.4 is 0 Å². The lowest BCUT2D eigenvalue weighted by Crippen LogP contribution is -2.48. The van der Waals surface area contributed by atoms with Crippen molar-refractivity contribution in [3.05, 3.63) is 40.0 Å². The van der Waals surface area contributed by atoms with E-state index in [4.69, 9.17) is 4.52 Å². The second-order valence-electron chi connectivity index (χ2n) is 6.53. The predicted octanol–water partition coefficient (Wildman–Crippen LogP) is 4.88. The van der Waals surface area contributed by atoms with Crippen LogP contribution in [-0.2, 0) is 6.42 Å². The van der Waals surface area contributed by atoms with Gasteiger partial charge in [0.15, 0.2) is 5.76 Å². The largest absolute Gasteiger partial charge is 0.465 e. The monoisotopic (exact) mass is 392 g/mol. The van der Waals surface area contributed by atoms with Crippen LogP contribution in [0.2, 0.25) is 0 Å². The molecule has 1 aromatic carbocycles. The van der Waals surface area contributed by atoms with Crippen LogP contribution in [-0.4, -0.2) is 33.8 Å². The molecule has 0 unspecified atom stereocenters. The number of aryl methyl sites for hydroxylation is 1. The van der Waals surface area contributed by atoms with Crippen molar-refractivity contribution in [3.8, 4) is 11.3 Å². The Kier molecular flexibility index (Phi) is 4.67. The van der Waals surface area contributed by atoms with Gasteiger partial charge in [0, 0.05) is 29.1 Å². The molecule has 24 heavy (non-hydrogen) atoms. The third kappa shape index (κ3) is 3.07. The molecule has 1 saturated carbocycles. The lowest BCUT2D eigenvalue weighted by atomic mass is 9.86. The summed E-state index contributed by atoms with van der Waals surface area (Å²) >= 11 is 3.44. The quantitative estimate of drug-likeness (QED) is 0.804. The summed E-state index contributed by atoms with van der Waals surface area (Å²) in [5.41, 5.74) is 2.43. The number of carboxylic acid groups (broad SMARTS) is 1. The number of amides is 1. The molecule has 6 heteroatoms. The number of hydrogen-bond acceptors (Lipinski definition) is 3. The fraction of sp³-hybridized carbons (Fsp3) is 0.444. The van der Waals surface area contributed by atoms with Crippen molar-refractivity contribution < 1.29 is 14.4 Å². The third-order valence-electron chi connectivity index (χ3n) is 5.13. The van der Waals surface area contributed by atoms with Gasteiger partial charge in [-0.15, -0.1) is 0 Å². The molecule has 0 spiro atoms. The molecule has 3 rings (SSSR count). The zero-order valence-corrected chi connectivity index (χ0v) is 15.5. The Bertz CT molecular complexity index is 733. The first-order valence-corrected chi connectivity index (χ1v) is 8.90. The number of benzene rings is 1. The summed E-state index contributed by atoms with van der Waals surface area (Å²) in [4.78, 5) is 13.1. The van der Waals surface area contributed by atoms with E-state index in [9.17, 15) is 9.90 Å². The maximum absolute atomic E-state index is 11.6. The molecule has 0 bridgehead atoms. The molecule has 1 heterocycles. The molecule has 1 aliphatic rings. The maximum atomic E-state index is 11.6. The molecular weight excluding hydrogens is 372 g/mol.